The highest BCUT2D eigenvalue weighted by Gasteiger charge is 2.09. The summed E-state index contributed by atoms with van der Waals surface area (Å²) in [4.78, 5) is 10.2. The van der Waals surface area contributed by atoms with Crippen LogP contribution in [0.4, 0.5) is 0 Å². The van der Waals surface area contributed by atoms with Crippen LogP contribution in [-0.2, 0) is 4.79 Å². The lowest BCUT2D eigenvalue weighted by Crippen LogP contribution is -2.32. The monoisotopic (exact) mass is 221 g/mol. The van der Waals surface area contributed by atoms with Gasteiger partial charge in [-0.15, -0.1) is 0 Å². The highest BCUT2D eigenvalue weighted by atomic mass is 32.2. The molecule has 2 unspecified atom stereocenters. The maximum Gasteiger partial charge on any atom is 0.306 e. The molecule has 0 radical (unpaired) electrons. The van der Waals surface area contributed by atoms with E-state index >= 15 is 0 Å². The summed E-state index contributed by atoms with van der Waals surface area (Å²) in [5.41, 5.74) is 0. The molecule has 0 aromatic heterocycles. The number of hydrogen-bond acceptors (Lipinski definition) is 4. The first-order valence-electron chi connectivity index (χ1n) is 4.65. The molecule has 0 aromatic rings. The number of rotatable bonds is 8. The Hall–Kier alpha value is -0.260. The summed E-state index contributed by atoms with van der Waals surface area (Å²) in [5, 5.41) is 20.6. The molecule has 0 aliphatic heterocycles. The normalized spacial score (nSPS) is 15.1. The third-order valence-corrected chi connectivity index (χ3v) is 2.64. The highest BCUT2D eigenvalue weighted by Crippen LogP contribution is 2.02. The Morgan fingerprint density at radius 1 is 1.50 bits per heavy atom. The molecule has 0 rings (SSSR count). The molecular weight excluding hydrogens is 202 g/mol. The molecule has 0 saturated carbocycles. The van der Waals surface area contributed by atoms with Crippen molar-refractivity contribution in [3.05, 3.63) is 0 Å². The fourth-order valence-corrected chi connectivity index (χ4v) is 1.80. The van der Waals surface area contributed by atoms with Crippen LogP contribution in [0, 0.1) is 5.92 Å². The van der Waals surface area contributed by atoms with Crippen molar-refractivity contribution in [1.29, 1.82) is 0 Å². The van der Waals surface area contributed by atoms with E-state index in [0.29, 0.717) is 12.5 Å². The number of thioether (sulfide) groups is 1. The summed E-state index contributed by atoms with van der Waals surface area (Å²) in [5.74, 6) is 0.653. The van der Waals surface area contributed by atoms with Crippen molar-refractivity contribution in [2.24, 2.45) is 5.92 Å². The molecule has 0 bridgehead atoms. The van der Waals surface area contributed by atoms with Gasteiger partial charge >= 0.3 is 5.97 Å². The average Bonchev–Trinajstić information content (AvgIpc) is 2.02. The number of aliphatic hydroxyl groups excluding tert-OH is 1. The number of carbonyl (C=O) groups is 1. The van der Waals surface area contributed by atoms with E-state index in [2.05, 4.69) is 18.5 Å². The van der Waals surface area contributed by atoms with Crippen molar-refractivity contribution in [2.45, 2.75) is 19.4 Å². The third kappa shape index (κ3) is 8.34. The van der Waals surface area contributed by atoms with Gasteiger partial charge in [-0.2, -0.15) is 11.8 Å². The van der Waals surface area contributed by atoms with Gasteiger partial charge in [0.05, 0.1) is 12.5 Å². The number of hydrogen-bond donors (Lipinski definition) is 3. The van der Waals surface area contributed by atoms with Crippen molar-refractivity contribution in [1.82, 2.24) is 5.32 Å². The van der Waals surface area contributed by atoms with Crippen LogP contribution >= 0.6 is 11.8 Å². The first kappa shape index (κ1) is 13.7. The Balaban J connectivity index is 3.38. The van der Waals surface area contributed by atoms with Crippen LogP contribution < -0.4 is 5.32 Å². The summed E-state index contributed by atoms with van der Waals surface area (Å²) >= 11 is 1.78. The Bertz CT molecular complexity index is 166. The van der Waals surface area contributed by atoms with Crippen LogP contribution in [0.5, 0.6) is 0 Å². The summed E-state index contributed by atoms with van der Waals surface area (Å²) in [6.07, 6.45) is 1.08. The van der Waals surface area contributed by atoms with Gasteiger partial charge in [0.2, 0.25) is 0 Å². The van der Waals surface area contributed by atoms with Crippen LogP contribution in [0.1, 0.15) is 13.3 Å². The van der Waals surface area contributed by atoms with E-state index in [1.165, 1.54) is 0 Å². The Labute approximate surface area is 89.1 Å². The zero-order chi connectivity index (χ0) is 11.0. The van der Waals surface area contributed by atoms with Crippen LogP contribution in [0.2, 0.25) is 0 Å². The van der Waals surface area contributed by atoms with Crippen LogP contribution in [0.3, 0.4) is 0 Å². The van der Waals surface area contributed by atoms with E-state index in [0.717, 1.165) is 12.3 Å². The number of carboxylic acids is 1. The smallest absolute Gasteiger partial charge is 0.306 e. The van der Waals surface area contributed by atoms with Gasteiger partial charge in [-0.1, -0.05) is 6.92 Å². The minimum atomic E-state index is -0.962. The van der Waals surface area contributed by atoms with Gasteiger partial charge in [-0.3, -0.25) is 4.79 Å². The van der Waals surface area contributed by atoms with Crippen molar-refractivity contribution in [2.75, 3.05) is 25.1 Å². The maximum absolute atomic E-state index is 10.2. The lowest BCUT2D eigenvalue weighted by atomic mass is 10.2. The van der Waals surface area contributed by atoms with E-state index in [1.54, 1.807) is 11.8 Å². The highest BCUT2D eigenvalue weighted by molar-refractivity contribution is 7.98. The van der Waals surface area contributed by atoms with E-state index in [-0.39, 0.29) is 6.42 Å². The van der Waals surface area contributed by atoms with Crippen LogP contribution in [0.25, 0.3) is 0 Å². The molecule has 84 valence electrons. The largest absolute Gasteiger partial charge is 0.481 e. The summed E-state index contributed by atoms with van der Waals surface area (Å²) in [6, 6.07) is 0. The van der Waals surface area contributed by atoms with E-state index in [1.807, 2.05) is 0 Å². The van der Waals surface area contributed by atoms with E-state index in [4.69, 9.17) is 5.11 Å². The molecule has 14 heavy (non-hydrogen) atoms. The first-order valence-corrected chi connectivity index (χ1v) is 6.05. The maximum atomic E-state index is 10.2. The number of nitrogens with one attached hydrogen (secondary N) is 1. The van der Waals surface area contributed by atoms with Crippen molar-refractivity contribution >= 4 is 17.7 Å². The second-order valence-electron chi connectivity index (χ2n) is 3.47. The fraction of sp³-hybridized carbons (Fsp3) is 0.889. The molecule has 0 heterocycles. The Morgan fingerprint density at radius 2 is 2.14 bits per heavy atom. The average molecular weight is 221 g/mol. The molecule has 0 aliphatic carbocycles. The van der Waals surface area contributed by atoms with Gasteiger partial charge in [-0.25, -0.2) is 0 Å². The van der Waals surface area contributed by atoms with E-state index in [9.17, 15) is 9.90 Å². The number of aliphatic hydroxyl groups is 1. The molecule has 0 saturated heterocycles. The zero-order valence-electron chi connectivity index (χ0n) is 8.69. The standard InChI is InChI=1S/C9H19NO3S/c1-7(6-14-2)4-10-5-8(11)3-9(12)13/h7-8,10-11H,3-6H2,1-2H3,(H,12,13). The number of aliphatic carboxylic acids is 1. The molecule has 5 heteroatoms. The van der Waals surface area contributed by atoms with Crippen molar-refractivity contribution < 1.29 is 15.0 Å². The molecule has 0 fully saturated rings. The van der Waals surface area contributed by atoms with Crippen LogP contribution in [0.15, 0.2) is 0 Å². The van der Waals surface area contributed by atoms with Crippen LogP contribution in [-0.4, -0.2) is 47.4 Å². The minimum Gasteiger partial charge on any atom is -0.481 e. The Morgan fingerprint density at radius 3 is 2.64 bits per heavy atom. The lowest BCUT2D eigenvalue weighted by Gasteiger charge is -2.13. The van der Waals surface area contributed by atoms with Gasteiger partial charge in [0.25, 0.3) is 0 Å². The van der Waals surface area contributed by atoms with Gasteiger partial charge in [0.15, 0.2) is 0 Å². The zero-order valence-corrected chi connectivity index (χ0v) is 9.51. The third-order valence-electron chi connectivity index (χ3n) is 1.73. The second-order valence-corrected chi connectivity index (χ2v) is 4.38. The SMILES string of the molecule is CSCC(C)CNCC(O)CC(=O)O. The molecule has 0 spiro atoms. The van der Waals surface area contributed by atoms with Gasteiger partial charge < -0.3 is 15.5 Å². The predicted octanol–water partition coefficient (Wildman–Crippen LogP) is 0.411. The fourth-order valence-electron chi connectivity index (χ4n) is 1.11. The Kier molecular flexibility index (Phi) is 7.93. The second kappa shape index (κ2) is 8.08. The molecule has 3 N–H and O–H groups in total. The molecule has 2 atom stereocenters. The summed E-state index contributed by atoms with van der Waals surface area (Å²) in [7, 11) is 0. The van der Waals surface area contributed by atoms with Crippen molar-refractivity contribution in [3.63, 3.8) is 0 Å². The lowest BCUT2D eigenvalue weighted by molar-refractivity contribution is -0.139. The topological polar surface area (TPSA) is 69.6 Å². The van der Waals surface area contributed by atoms with Crippen molar-refractivity contribution in [3.8, 4) is 0 Å². The molecule has 0 amide bonds. The molecule has 4 nitrogen and oxygen atoms in total. The number of carboxylic acid groups (broad SMARTS) is 1. The summed E-state index contributed by atoms with van der Waals surface area (Å²) in [6.45, 7) is 3.29. The molecule has 0 aliphatic rings. The minimum absolute atomic E-state index is 0.191. The molecular formula is C9H19NO3S. The van der Waals surface area contributed by atoms with E-state index < -0.39 is 12.1 Å². The quantitative estimate of drug-likeness (QED) is 0.554. The first-order chi connectivity index (χ1) is 6.56. The van der Waals surface area contributed by atoms with Gasteiger partial charge in [0, 0.05) is 6.54 Å². The summed E-state index contributed by atoms with van der Waals surface area (Å²) < 4.78 is 0. The molecule has 0 aromatic carbocycles. The predicted molar refractivity (Wildman–Crippen MR) is 58.7 cm³/mol. The van der Waals surface area contributed by atoms with Gasteiger partial charge in [0.1, 0.15) is 0 Å². The van der Waals surface area contributed by atoms with Gasteiger partial charge in [-0.05, 0) is 24.5 Å².